The Morgan fingerprint density at radius 3 is 2.84 bits per heavy atom. The number of aromatic nitrogens is 1. The molecule has 1 amide bonds. The molecular formula is C13H11BrClN3O. The zero-order valence-corrected chi connectivity index (χ0v) is 12.4. The number of rotatable bonds is 2. The van der Waals surface area contributed by atoms with E-state index >= 15 is 0 Å². The fourth-order valence-corrected chi connectivity index (χ4v) is 2.04. The zero-order valence-electron chi connectivity index (χ0n) is 10.1. The van der Waals surface area contributed by atoms with E-state index in [1.807, 2.05) is 25.1 Å². The van der Waals surface area contributed by atoms with Crippen molar-refractivity contribution in [2.45, 2.75) is 6.92 Å². The lowest BCUT2D eigenvalue weighted by atomic mass is 10.2. The van der Waals surface area contributed by atoms with E-state index in [4.69, 9.17) is 17.3 Å². The third-order valence-electron chi connectivity index (χ3n) is 2.58. The van der Waals surface area contributed by atoms with Crippen LogP contribution < -0.4 is 11.1 Å². The van der Waals surface area contributed by atoms with Crippen molar-refractivity contribution < 1.29 is 4.79 Å². The molecule has 0 aliphatic rings. The Balaban J connectivity index is 2.25. The summed E-state index contributed by atoms with van der Waals surface area (Å²) < 4.78 is 0.922. The van der Waals surface area contributed by atoms with Gasteiger partial charge in [0.25, 0.3) is 5.91 Å². The number of nitrogens with zero attached hydrogens (tertiary/aromatic N) is 1. The minimum Gasteiger partial charge on any atom is -0.397 e. The number of pyridine rings is 1. The summed E-state index contributed by atoms with van der Waals surface area (Å²) in [5.41, 5.74) is 8.06. The highest BCUT2D eigenvalue weighted by Crippen LogP contribution is 2.22. The molecule has 19 heavy (non-hydrogen) atoms. The van der Waals surface area contributed by atoms with Crippen molar-refractivity contribution >= 4 is 44.8 Å². The van der Waals surface area contributed by atoms with Crippen molar-refractivity contribution in [1.82, 2.24) is 4.98 Å². The number of hydrogen-bond donors (Lipinski definition) is 2. The largest absolute Gasteiger partial charge is 0.397 e. The first-order valence-corrected chi connectivity index (χ1v) is 6.63. The fourth-order valence-electron chi connectivity index (χ4n) is 1.51. The predicted octanol–water partition coefficient (Wildman–Crippen LogP) is 3.64. The van der Waals surface area contributed by atoms with Crippen molar-refractivity contribution in [2.24, 2.45) is 0 Å². The summed E-state index contributed by atoms with van der Waals surface area (Å²) in [5, 5.41) is 2.99. The Bertz CT molecular complexity index is 646. The average Bonchev–Trinajstić information content (AvgIpc) is 2.36. The molecule has 0 aliphatic heterocycles. The second-order valence-corrected chi connectivity index (χ2v) is 5.25. The van der Waals surface area contributed by atoms with E-state index in [1.54, 1.807) is 0 Å². The molecule has 2 aromatic rings. The van der Waals surface area contributed by atoms with Gasteiger partial charge >= 0.3 is 0 Å². The van der Waals surface area contributed by atoms with E-state index in [0.717, 1.165) is 10.0 Å². The summed E-state index contributed by atoms with van der Waals surface area (Å²) >= 11 is 9.17. The van der Waals surface area contributed by atoms with E-state index < -0.39 is 0 Å². The monoisotopic (exact) mass is 339 g/mol. The molecule has 98 valence electrons. The van der Waals surface area contributed by atoms with Crippen LogP contribution in [-0.2, 0) is 0 Å². The summed E-state index contributed by atoms with van der Waals surface area (Å²) in [6.07, 6.45) is 1.36. The number of aryl methyl sites for hydroxylation is 1. The predicted molar refractivity (Wildman–Crippen MR) is 80.5 cm³/mol. The van der Waals surface area contributed by atoms with E-state index in [1.165, 1.54) is 12.3 Å². The molecule has 1 heterocycles. The Hall–Kier alpha value is -1.59. The van der Waals surface area contributed by atoms with Crippen molar-refractivity contribution in [3.8, 4) is 0 Å². The van der Waals surface area contributed by atoms with Crippen LogP contribution in [0.5, 0.6) is 0 Å². The van der Waals surface area contributed by atoms with Gasteiger partial charge in [-0.15, -0.1) is 0 Å². The van der Waals surface area contributed by atoms with E-state index in [9.17, 15) is 4.79 Å². The smallest absolute Gasteiger partial charge is 0.257 e. The van der Waals surface area contributed by atoms with Crippen LogP contribution in [0, 0.1) is 6.92 Å². The highest BCUT2D eigenvalue weighted by Gasteiger charge is 2.11. The molecule has 4 nitrogen and oxygen atoms in total. The zero-order chi connectivity index (χ0) is 14.0. The number of carbonyl (C=O) groups excluding carboxylic acids is 1. The van der Waals surface area contributed by atoms with Crippen LogP contribution in [0.4, 0.5) is 11.4 Å². The Morgan fingerprint density at radius 2 is 2.16 bits per heavy atom. The van der Waals surface area contributed by atoms with Gasteiger partial charge in [-0.3, -0.25) is 4.79 Å². The molecule has 0 atom stereocenters. The van der Waals surface area contributed by atoms with Crippen LogP contribution in [0.25, 0.3) is 0 Å². The van der Waals surface area contributed by atoms with E-state index in [0.29, 0.717) is 11.3 Å². The summed E-state index contributed by atoms with van der Waals surface area (Å²) in [7, 11) is 0. The van der Waals surface area contributed by atoms with Crippen LogP contribution in [0.15, 0.2) is 34.9 Å². The molecule has 1 aromatic carbocycles. The van der Waals surface area contributed by atoms with Gasteiger partial charge in [0, 0.05) is 10.2 Å². The molecule has 0 unspecified atom stereocenters. The number of anilines is 2. The lowest BCUT2D eigenvalue weighted by Gasteiger charge is -2.08. The first-order valence-electron chi connectivity index (χ1n) is 5.46. The number of nitrogens with two attached hydrogens (primary N) is 1. The average molecular weight is 341 g/mol. The third-order valence-corrected chi connectivity index (χ3v) is 3.64. The summed E-state index contributed by atoms with van der Waals surface area (Å²) in [6, 6.07) is 6.99. The van der Waals surface area contributed by atoms with Gasteiger partial charge in [0.2, 0.25) is 0 Å². The molecule has 0 fully saturated rings. The summed E-state index contributed by atoms with van der Waals surface area (Å²) in [6.45, 7) is 1.97. The quantitative estimate of drug-likeness (QED) is 0.820. The van der Waals surface area contributed by atoms with Gasteiger partial charge in [0.1, 0.15) is 5.15 Å². The minimum atomic E-state index is -0.322. The van der Waals surface area contributed by atoms with Crippen molar-refractivity contribution in [2.75, 3.05) is 11.1 Å². The minimum absolute atomic E-state index is 0.226. The third kappa shape index (κ3) is 3.24. The number of nitrogen functional groups attached to an aromatic ring is 1. The highest BCUT2D eigenvalue weighted by molar-refractivity contribution is 9.10. The first-order chi connectivity index (χ1) is 8.97. The molecule has 0 radical (unpaired) electrons. The van der Waals surface area contributed by atoms with Gasteiger partial charge in [0.15, 0.2) is 0 Å². The molecule has 0 aliphatic carbocycles. The second kappa shape index (κ2) is 5.59. The lowest BCUT2D eigenvalue weighted by Crippen LogP contribution is -2.14. The number of amides is 1. The number of hydrogen-bond acceptors (Lipinski definition) is 3. The van der Waals surface area contributed by atoms with E-state index in [2.05, 4.69) is 26.2 Å². The molecule has 0 spiro atoms. The fraction of sp³-hybridized carbons (Fsp3) is 0.0769. The number of benzene rings is 1. The van der Waals surface area contributed by atoms with Crippen molar-refractivity contribution in [1.29, 1.82) is 0 Å². The molecule has 3 N–H and O–H groups in total. The first kappa shape index (κ1) is 13.8. The van der Waals surface area contributed by atoms with Crippen LogP contribution >= 0.6 is 27.5 Å². The maximum absolute atomic E-state index is 12.1. The molecule has 0 saturated heterocycles. The molecule has 2 rings (SSSR count). The van der Waals surface area contributed by atoms with Crippen LogP contribution in [0.2, 0.25) is 5.15 Å². The normalized spacial score (nSPS) is 10.3. The Labute approximate surface area is 124 Å². The van der Waals surface area contributed by atoms with Crippen LogP contribution in [0.3, 0.4) is 0 Å². The van der Waals surface area contributed by atoms with Crippen LogP contribution in [-0.4, -0.2) is 10.9 Å². The Kier molecular flexibility index (Phi) is 4.07. The molecule has 0 bridgehead atoms. The Morgan fingerprint density at radius 1 is 1.42 bits per heavy atom. The number of halogens is 2. The van der Waals surface area contributed by atoms with E-state index in [-0.39, 0.29) is 16.7 Å². The SMILES string of the molecule is Cc1ccc(NC(=O)c2cc(Cl)ncc2N)cc1Br. The van der Waals surface area contributed by atoms with Crippen molar-refractivity contribution in [3.63, 3.8) is 0 Å². The van der Waals surface area contributed by atoms with Gasteiger partial charge in [-0.1, -0.05) is 33.6 Å². The maximum Gasteiger partial charge on any atom is 0.257 e. The number of carbonyl (C=O) groups is 1. The topological polar surface area (TPSA) is 68.0 Å². The van der Waals surface area contributed by atoms with Crippen molar-refractivity contribution in [3.05, 3.63) is 51.2 Å². The lowest BCUT2D eigenvalue weighted by molar-refractivity contribution is 0.102. The van der Waals surface area contributed by atoms with Gasteiger partial charge in [-0.05, 0) is 30.7 Å². The van der Waals surface area contributed by atoms with Gasteiger partial charge in [0.05, 0.1) is 17.4 Å². The summed E-state index contributed by atoms with van der Waals surface area (Å²) in [5.74, 6) is -0.322. The highest BCUT2D eigenvalue weighted by atomic mass is 79.9. The molecule has 0 saturated carbocycles. The summed E-state index contributed by atoms with van der Waals surface area (Å²) in [4.78, 5) is 15.9. The molecule has 6 heteroatoms. The van der Waals surface area contributed by atoms with Gasteiger partial charge < -0.3 is 11.1 Å². The van der Waals surface area contributed by atoms with Crippen LogP contribution in [0.1, 0.15) is 15.9 Å². The number of nitrogens with one attached hydrogen (secondary N) is 1. The van der Waals surface area contributed by atoms with Gasteiger partial charge in [-0.2, -0.15) is 0 Å². The molecular weight excluding hydrogens is 330 g/mol. The standard InChI is InChI=1S/C13H11BrClN3O/c1-7-2-3-8(4-10(7)14)18-13(19)9-5-12(15)17-6-11(9)16/h2-6H,16H2,1H3,(H,18,19). The molecule has 1 aromatic heterocycles. The maximum atomic E-state index is 12.1. The second-order valence-electron chi connectivity index (χ2n) is 4.01. The van der Waals surface area contributed by atoms with Gasteiger partial charge in [-0.25, -0.2) is 4.98 Å².